The van der Waals surface area contributed by atoms with E-state index in [0.29, 0.717) is 0 Å². The van der Waals surface area contributed by atoms with E-state index in [1.807, 2.05) is 0 Å². The molecule has 1 spiro atoms. The van der Waals surface area contributed by atoms with E-state index in [2.05, 4.69) is 46.4 Å². The zero-order valence-corrected chi connectivity index (χ0v) is 13.9. The van der Waals surface area contributed by atoms with Crippen molar-refractivity contribution in [3.8, 4) is 0 Å². The van der Waals surface area contributed by atoms with Crippen molar-refractivity contribution in [2.45, 2.75) is 37.6 Å². The quantitative estimate of drug-likeness (QED) is 0.818. The van der Waals surface area contributed by atoms with Gasteiger partial charge in [-0.3, -0.25) is 4.79 Å². The Labute approximate surface area is 138 Å². The number of anilines is 2. The van der Waals surface area contributed by atoms with E-state index in [4.69, 9.17) is 5.11 Å². The summed E-state index contributed by atoms with van der Waals surface area (Å²) in [4.78, 5) is 15.5. The second-order valence-electron chi connectivity index (χ2n) is 7.00. The lowest BCUT2D eigenvalue weighted by molar-refractivity contribution is -0.137. The van der Waals surface area contributed by atoms with Crippen LogP contribution in [0.3, 0.4) is 0 Å². The molecule has 0 aromatic heterocycles. The average Bonchev–Trinajstić information content (AvgIpc) is 2.54. The van der Waals surface area contributed by atoms with E-state index in [1.54, 1.807) is 0 Å². The molecular weight excluding hydrogens is 290 g/mol. The van der Waals surface area contributed by atoms with Crippen LogP contribution in [0.5, 0.6) is 0 Å². The fraction of sp³-hybridized carbons (Fsp3) is 0.611. The molecular formula is C18H27N3O2. The van der Waals surface area contributed by atoms with Crippen LogP contribution in [-0.4, -0.2) is 54.7 Å². The molecule has 1 saturated heterocycles. The highest BCUT2D eigenvalue weighted by atomic mass is 16.4. The lowest BCUT2D eigenvalue weighted by Gasteiger charge is -2.49. The highest BCUT2D eigenvalue weighted by Crippen LogP contribution is 2.38. The maximum Gasteiger partial charge on any atom is 0.303 e. The van der Waals surface area contributed by atoms with Crippen molar-refractivity contribution in [1.82, 2.24) is 4.90 Å². The van der Waals surface area contributed by atoms with Gasteiger partial charge in [-0.2, -0.15) is 0 Å². The Hall–Kier alpha value is -1.75. The van der Waals surface area contributed by atoms with E-state index < -0.39 is 5.97 Å². The third-order valence-corrected chi connectivity index (χ3v) is 5.15. The zero-order chi connectivity index (χ0) is 16.3. The van der Waals surface area contributed by atoms with Crippen molar-refractivity contribution in [1.29, 1.82) is 0 Å². The summed E-state index contributed by atoms with van der Waals surface area (Å²) < 4.78 is 0. The molecule has 5 nitrogen and oxygen atoms in total. The van der Waals surface area contributed by atoms with Gasteiger partial charge in [-0.25, -0.2) is 0 Å². The van der Waals surface area contributed by atoms with Crippen LogP contribution in [0.15, 0.2) is 24.3 Å². The lowest BCUT2D eigenvalue weighted by Crippen LogP contribution is -2.57. The van der Waals surface area contributed by atoms with Gasteiger partial charge in [0.15, 0.2) is 0 Å². The number of benzene rings is 1. The van der Waals surface area contributed by atoms with Crippen LogP contribution in [-0.2, 0) is 4.79 Å². The Kier molecular flexibility index (Phi) is 4.76. The number of likely N-dealkylation sites (tertiary alicyclic amines) is 1. The van der Waals surface area contributed by atoms with Crippen molar-refractivity contribution >= 4 is 17.3 Å². The van der Waals surface area contributed by atoms with Crippen LogP contribution in [0.4, 0.5) is 11.4 Å². The summed E-state index contributed by atoms with van der Waals surface area (Å²) in [7, 11) is 2.19. The number of hydrogen-bond acceptors (Lipinski definition) is 4. The zero-order valence-electron chi connectivity index (χ0n) is 13.9. The minimum atomic E-state index is -0.697. The maximum atomic E-state index is 10.7. The number of fused-ring (bicyclic) bond motifs is 1. The molecule has 0 amide bonds. The summed E-state index contributed by atoms with van der Waals surface area (Å²) >= 11 is 0. The highest BCUT2D eigenvalue weighted by Gasteiger charge is 2.39. The van der Waals surface area contributed by atoms with Gasteiger partial charge in [0.2, 0.25) is 0 Å². The summed E-state index contributed by atoms with van der Waals surface area (Å²) in [6.45, 7) is 4.21. The van der Waals surface area contributed by atoms with E-state index in [1.165, 1.54) is 11.4 Å². The van der Waals surface area contributed by atoms with Crippen molar-refractivity contribution < 1.29 is 9.90 Å². The Morgan fingerprint density at radius 1 is 1.26 bits per heavy atom. The first kappa shape index (κ1) is 16.1. The number of nitrogens with zero attached hydrogens (tertiary/aromatic N) is 2. The molecule has 1 fully saturated rings. The van der Waals surface area contributed by atoms with Crippen LogP contribution in [0, 0.1) is 0 Å². The van der Waals surface area contributed by atoms with E-state index in [-0.39, 0.29) is 12.0 Å². The number of carboxylic acids is 1. The molecule has 1 aromatic carbocycles. The molecule has 23 heavy (non-hydrogen) atoms. The molecule has 0 unspecified atom stereocenters. The van der Waals surface area contributed by atoms with Crippen LogP contribution in [0.1, 0.15) is 32.1 Å². The second kappa shape index (κ2) is 6.79. The molecule has 0 radical (unpaired) electrons. The smallest absolute Gasteiger partial charge is 0.303 e. The summed E-state index contributed by atoms with van der Waals surface area (Å²) in [6.07, 6.45) is 4.25. The van der Waals surface area contributed by atoms with Crippen molar-refractivity contribution in [3.63, 3.8) is 0 Å². The first-order valence-corrected chi connectivity index (χ1v) is 8.61. The van der Waals surface area contributed by atoms with Gasteiger partial charge in [0, 0.05) is 32.6 Å². The van der Waals surface area contributed by atoms with Gasteiger partial charge in [-0.05, 0) is 44.9 Å². The largest absolute Gasteiger partial charge is 0.481 e. The van der Waals surface area contributed by atoms with Gasteiger partial charge in [0.05, 0.1) is 16.9 Å². The van der Waals surface area contributed by atoms with E-state index in [9.17, 15) is 4.79 Å². The predicted molar refractivity (Wildman–Crippen MR) is 93.2 cm³/mol. The first-order valence-electron chi connectivity index (χ1n) is 8.61. The number of hydrogen-bond donors (Lipinski definition) is 2. The summed E-state index contributed by atoms with van der Waals surface area (Å²) in [6, 6.07) is 8.50. The van der Waals surface area contributed by atoms with Crippen molar-refractivity contribution in [2.24, 2.45) is 0 Å². The highest BCUT2D eigenvalue weighted by molar-refractivity contribution is 5.73. The number of carboxylic acid groups (broad SMARTS) is 1. The average molecular weight is 317 g/mol. The molecule has 2 heterocycles. The van der Waals surface area contributed by atoms with Gasteiger partial charge in [-0.15, -0.1) is 0 Å². The second-order valence-corrected chi connectivity index (χ2v) is 7.00. The van der Waals surface area contributed by atoms with E-state index >= 15 is 0 Å². The predicted octanol–water partition coefficient (Wildman–Crippen LogP) is 2.64. The van der Waals surface area contributed by atoms with Crippen molar-refractivity contribution in [2.75, 3.05) is 43.4 Å². The Balaban J connectivity index is 1.71. The molecule has 5 heteroatoms. The number of para-hydroxylation sites is 2. The van der Waals surface area contributed by atoms with Gasteiger partial charge in [-0.1, -0.05) is 12.1 Å². The Morgan fingerprint density at radius 2 is 2.00 bits per heavy atom. The topological polar surface area (TPSA) is 55.8 Å². The fourth-order valence-corrected chi connectivity index (χ4v) is 3.74. The Morgan fingerprint density at radius 3 is 2.74 bits per heavy atom. The van der Waals surface area contributed by atoms with Crippen LogP contribution in [0.25, 0.3) is 0 Å². The third-order valence-electron chi connectivity index (χ3n) is 5.15. The van der Waals surface area contributed by atoms with Crippen LogP contribution in [0.2, 0.25) is 0 Å². The number of rotatable bonds is 5. The van der Waals surface area contributed by atoms with Gasteiger partial charge >= 0.3 is 5.97 Å². The van der Waals surface area contributed by atoms with Crippen LogP contribution < -0.4 is 10.2 Å². The number of nitrogens with one attached hydrogen (secondary N) is 1. The number of unbranched alkanes of at least 4 members (excludes halogenated alkanes) is 1. The summed E-state index contributed by atoms with van der Waals surface area (Å²) in [5.74, 6) is -0.697. The maximum absolute atomic E-state index is 10.7. The minimum absolute atomic E-state index is 0.160. The third kappa shape index (κ3) is 3.78. The lowest BCUT2D eigenvalue weighted by atomic mass is 9.84. The molecule has 2 N–H and O–H groups in total. The molecule has 0 atom stereocenters. The molecule has 1 aromatic rings. The standard InChI is InChI=1S/C18H27N3O2/c1-20-12-9-18(10-13-20)14-21(11-5-4-8-17(22)23)16-7-3-2-6-15(16)19-18/h2-3,6-7,19H,4-5,8-14H2,1H3,(H,22,23). The van der Waals surface area contributed by atoms with Crippen molar-refractivity contribution in [3.05, 3.63) is 24.3 Å². The molecule has 2 aliphatic rings. The monoisotopic (exact) mass is 317 g/mol. The molecule has 2 aliphatic heterocycles. The minimum Gasteiger partial charge on any atom is -0.481 e. The fourth-order valence-electron chi connectivity index (χ4n) is 3.74. The van der Waals surface area contributed by atoms with Gasteiger partial charge in [0.1, 0.15) is 0 Å². The van der Waals surface area contributed by atoms with Gasteiger partial charge in [0.25, 0.3) is 0 Å². The first-order chi connectivity index (χ1) is 11.1. The summed E-state index contributed by atoms with van der Waals surface area (Å²) in [5, 5.41) is 12.6. The number of piperidine rings is 1. The molecule has 0 saturated carbocycles. The van der Waals surface area contributed by atoms with Crippen LogP contribution >= 0.6 is 0 Å². The normalized spacial score (nSPS) is 20.1. The number of carbonyl (C=O) groups is 1. The molecule has 0 bridgehead atoms. The Bertz CT molecular complexity index is 553. The number of aliphatic carboxylic acids is 1. The summed E-state index contributed by atoms with van der Waals surface area (Å²) in [5.41, 5.74) is 2.64. The molecule has 3 rings (SSSR count). The SMILES string of the molecule is CN1CCC2(CC1)CN(CCCCC(=O)O)c1ccccc1N2. The van der Waals surface area contributed by atoms with Gasteiger partial charge < -0.3 is 20.2 Å². The molecule has 0 aliphatic carbocycles. The molecule has 126 valence electrons. The van der Waals surface area contributed by atoms with E-state index in [0.717, 1.165) is 51.9 Å².